The highest BCUT2D eigenvalue weighted by Gasteiger charge is 2.09. The molecule has 0 N–H and O–H groups in total. The highest BCUT2D eigenvalue weighted by molar-refractivity contribution is 9.13. The van der Waals surface area contributed by atoms with Crippen LogP contribution >= 0.6 is 31.9 Å². The summed E-state index contributed by atoms with van der Waals surface area (Å²) in [5, 5.41) is 2.28. The number of benzene rings is 2. The standard InChI is InChI=1S/C11H8Br2O/c1-14-11-8-5-3-2-4-7(8)6-9(12)10(11)13/h2-6H,1H3. The van der Waals surface area contributed by atoms with E-state index >= 15 is 0 Å². The first-order valence-electron chi connectivity index (χ1n) is 4.15. The van der Waals surface area contributed by atoms with Gasteiger partial charge in [-0.2, -0.15) is 0 Å². The summed E-state index contributed by atoms with van der Waals surface area (Å²) in [7, 11) is 1.68. The van der Waals surface area contributed by atoms with E-state index in [1.165, 1.54) is 5.39 Å². The van der Waals surface area contributed by atoms with E-state index in [2.05, 4.69) is 44.0 Å². The van der Waals surface area contributed by atoms with Crippen LogP contribution in [-0.2, 0) is 0 Å². The maximum absolute atomic E-state index is 5.36. The summed E-state index contributed by atoms with van der Waals surface area (Å²) >= 11 is 6.97. The van der Waals surface area contributed by atoms with Gasteiger partial charge in [-0.05, 0) is 43.3 Å². The second-order valence-electron chi connectivity index (χ2n) is 2.93. The van der Waals surface area contributed by atoms with Gasteiger partial charge in [0, 0.05) is 9.86 Å². The van der Waals surface area contributed by atoms with Crippen molar-refractivity contribution < 1.29 is 4.74 Å². The van der Waals surface area contributed by atoms with Crippen LogP contribution in [0.3, 0.4) is 0 Å². The normalized spacial score (nSPS) is 10.5. The zero-order valence-corrected chi connectivity index (χ0v) is 10.7. The van der Waals surface area contributed by atoms with Gasteiger partial charge in [-0.15, -0.1) is 0 Å². The molecule has 72 valence electrons. The summed E-state index contributed by atoms with van der Waals surface area (Å²) < 4.78 is 7.33. The molecule has 2 rings (SSSR count). The fourth-order valence-electron chi connectivity index (χ4n) is 1.46. The van der Waals surface area contributed by atoms with Crippen LogP contribution in [0, 0.1) is 0 Å². The van der Waals surface area contributed by atoms with E-state index in [-0.39, 0.29) is 0 Å². The number of hydrogen-bond donors (Lipinski definition) is 0. The smallest absolute Gasteiger partial charge is 0.142 e. The summed E-state index contributed by atoms with van der Waals surface area (Å²) in [6, 6.07) is 10.2. The van der Waals surface area contributed by atoms with Crippen LogP contribution in [0.2, 0.25) is 0 Å². The Morgan fingerprint density at radius 2 is 1.86 bits per heavy atom. The van der Waals surface area contributed by atoms with E-state index in [0.29, 0.717) is 0 Å². The first-order chi connectivity index (χ1) is 6.74. The van der Waals surface area contributed by atoms with E-state index in [9.17, 15) is 0 Å². The Morgan fingerprint density at radius 1 is 1.14 bits per heavy atom. The van der Waals surface area contributed by atoms with E-state index < -0.39 is 0 Å². The van der Waals surface area contributed by atoms with Crippen molar-refractivity contribution in [2.45, 2.75) is 0 Å². The molecule has 3 heteroatoms. The summed E-state index contributed by atoms with van der Waals surface area (Å²) in [6.07, 6.45) is 0. The van der Waals surface area contributed by atoms with Crippen molar-refractivity contribution >= 4 is 42.6 Å². The van der Waals surface area contributed by atoms with Gasteiger partial charge in [0.1, 0.15) is 5.75 Å². The van der Waals surface area contributed by atoms with E-state index in [0.717, 1.165) is 20.1 Å². The molecule has 0 atom stereocenters. The van der Waals surface area contributed by atoms with E-state index in [1.807, 2.05) is 18.2 Å². The SMILES string of the molecule is COc1c(Br)c(Br)cc2ccccc12. The molecule has 14 heavy (non-hydrogen) atoms. The second-order valence-corrected chi connectivity index (χ2v) is 4.57. The lowest BCUT2D eigenvalue weighted by Crippen LogP contribution is -1.87. The van der Waals surface area contributed by atoms with Gasteiger partial charge in [-0.3, -0.25) is 0 Å². The van der Waals surface area contributed by atoms with Gasteiger partial charge >= 0.3 is 0 Å². The van der Waals surface area contributed by atoms with Gasteiger partial charge in [0.2, 0.25) is 0 Å². The molecule has 0 bridgehead atoms. The molecule has 0 unspecified atom stereocenters. The molecule has 0 fully saturated rings. The van der Waals surface area contributed by atoms with Gasteiger partial charge in [0.25, 0.3) is 0 Å². The number of methoxy groups -OCH3 is 1. The Labute approximate surface area is 99.3 Å². The van der Waals surface area contributed by atoms with Gasteiger partial charge < -0.3 is 4.74 Å². The first kappa shape index (κ1) is 9.99. The minimum Gasteiger partial charge on any atom is -0.495 e. The van der Waals surface area contributed by atoms with Crippen LogP contribution in [0.5, 0.6) is 5.75 Å². The summed E-state index contributed by atoms with van der Waals surface area (Å²) in [6.45, 7) is 0. The van der Waals surface area contributed by atoms with Crippen molar-refractivity contribution in [1.82, 2.24) is 0 Å². The summed E-state index contributed by atoms with van der Waals surface area (Å²) in [5.41, 5.74) is 0. The maximum atomic E-state index is 5.36. The second kappa shape index (κ2) is 3.91. The van der Waals surface area contributed by atoms with Crippen molar-refractivity contribution in [2.75, 3.05) is 7.11 Å². The number of hydrogen-bond acceptors (Lipinski definition) is 1. The topological polar surface area (TPSA) is 9.23 Å². The lowest BCUT2D eigenvalue weighted by molar-refractivity contribution is 0.417. The van der Waals surface area contributed by atoms with Crippen LogP contribution in [0.4, 0.5) is 0 Å². The van der Waals surface area contributed by atoms with Crippen LogP contribution in [-0.4, -0.2) is 7.11 Å². The zero-order chi connectivity index (χ0) is 10.1. The quantitative estimate of drug-likeness (QED) is 0.759. The molecule has 0 spiro atoms. The summed E-state index contributed by atoms with van der Waals surface area (Å²) in [4.78, 5) is 0. The molecule has 0 amide bonds. The molecule has 2 aromatic carbocycles. The average molecular weight is 316 g/mol. The van der Waals surface area contributed by atoms with E-state index in [4.69, 9.17) is 4.74 Å². The third-order valence-electron chi connectivity index (χ3n) is 2.10. The fourth-order valence-corrected chi connectivity index (χ4v) is 2.37. The molecule has 0 aliphatic heterocycles. The Kier molecular flexibility index (Phi) is 2.79. The molecule has 1 nitrogen and oxygen atoms in total. The molecule has 0 aliphatic carbocycles. The van der Waals surface area contributed by atoms with Gasteiger partial charge in [0.15, 0.2) is 0 Å². The Bertz CT molecular complexity index is 480. The molecule has 0 heterocycles. The molecule has 0 aliphatic rings. The molecule has 0 saturated carbocycles. The van der Waals surface area contributed by atoms with Gasteiger partial charge in [-0.1, -0.05) is 24.3 Å². The zero-order valence-electron chi connectivity index (χ0n) is 7.55. The van der Waals surface area contributed by atoms with Gasteiger partial charge in [0.05, 0.1) is 11.6 Å². The average Bonchev–Trinajstić information content (AvgIpc) is 2.20. The predicted molar refractivity (Wildman–Crippen MR) is 65.9 cm³/mol. The number of rotatable bonds is 1. The van der Waals surface area contributed by atoms with Crippen LogP contribution < -0.4 is 4.74 Å². The number of fused-ring (bicyclic) bond motifs is 1. The lowest BCUT2D eigenvalue weighted by Gasteiger charge is -2.09. The highest BCUT2D eigenvalue weighted by atomic mass is 79.9. The molecular weight excluding hydrogens is 308 g/mol. The predicted octanol–water partition coefficient (Wildman–Crippen LogP) is 4.37. The fraction of sp³-hybridized carbons (Fsp3) is 0.0909. The minimum atomic E-state index is 0.870. The highest BCUT2D eigenvalue weighted by Crippen LogP contribution is 2.39. The molecule has 0 aromatic heterocycles. The van der Waals surface area contributed by atoms with Gasteiger partial charge in [-0.25, -0.2) is 0 Å². The van der Waals surface area contributed by atoms with Crippen molar-refractivity contribution in [3.8, 4) is 5.75 Å². The van der Waals surface area contributed by atoms with Crippen molar-refractivity contribution in [2.24, 2.45) is 0 Å². The largest absolute Gasteiger partial charge is 0.495 e. The van der Waals surface area contributed by atoms with Crippen LogP contribution in [0.15, 0.2) is 39.3 Å². The van der Waals surface area contributed by atoms with Crippen molar-refractivity contribution in [3.05, 3.63) is 39.3 Å². The molecule has 0 saturated heterocycles. The minimum absolute atomic E-state index is 0.870. The molecular formula is C11H8Br2O. The number of halogens is 2. The maximum Gasteiger partial charge on any atom is 0.142 e. The van der Waals surface area contributed by atoms with Crippen LogP contribution in [0.25, 0.3) is 10.8 Å². The monoisotopic (exact) mass is 314 g/mol. The Balaban J connectivity index is 2.89. The van der Waals surface area contributed by atoms with Crippen LogP contribution in [0.1, 0.15) is 0 Å². The molecule has 0 radical (unpaired) electrons. The number of ether oxygens (including phenoxy) is 1. The third kappa shape index (κ3) is 1.55. The third-order valence-corrected chi connectivity index (χ3v) is 4.05. The Hall–Kier alpha value is -0.540. The van der Waals surface area contributed by atoms with Crippen molar-refractivity contribution in [1.29, 1.82) is 0 Å². The Morgan fingerprint density at radius 3 is 2.57 bits per heavy atom. The van der Waals surface area contributed by atoms with Crippen molar-refractivity contribution in [3.63, 3.8) is 0 Å². The molecule has 2 aromatic rings. The summed E-state index contributed by atoms with van der Waals surface area (Å²) in [5.74, 6) is 0.870. The van der Waals surface area contributed by atoms with E-state index in [1.54, 1.807) is 7.11 Å². The first-order valence-corrected chi connectivity index (χ1v) is 5.73. The lowest BCUT2D eigenvalue weighted by atomic mass is 10.1.